The van der Waals surface area contributed by atoms with E-state index in [1.807, 2.05) is 0 Å². The van der Waals surface area contributed by atoms with Gasteiger partial charge in [0.05, 0.1) is 28.3 Å². The minimum absolute atomic E-state index is 0.884. The Morgan fingerprint density at radius 3 is 1.50 bits per heavy atom. The SMILES string of the molecule is C1=Cc2cc3[nH]c(c(-c4ccccc4)c4nc(cc5ccc(cc1n2)[nH]5)C=C4c1ccccc1)c(-c1ccccc1)c3-c1ccccc1. The lowest BCUT2D eigenvalue weighted by Crippen LogP contribution is -1.92. The smallest absolute Gasteiger partial charge is 0.0815 e. The highest BCUT2D eigenvalue weighted by atomic mass is 14.8. The molecule has 2 aliphatic heterocycles. The molecule has 0 saturated heterocycles. The maximum absolute atomic E-state index is 5.42. The molecule has 4 nitrogen and oxygen atoms in total. The van der Waals surface area contributed by atoms with Crippen LogP contribution in [-0.4, -0.2) is 19.9 Å². The Morgan fingerprint density at radius 2 is 0.896 bits per heavy atom. The Labute approximate surface area is 278 Å². The minimum atomic E-state index is 0.884. The van der Waals surface area contributed by atoms with E-state index in [-0.39, 0.29) is 0 Å². The molecule has 2 aliphatic rings. The van der Waals surface area contributed by atoms with Gasteiger partial charge in [0.15, 0.2) is 0 Å². The summed E-state index contributed by atoms with van der Waals surface area (Å²) in [6.07, 6.45) is 6.35. The molecule has 3 aromatic heterocycles. The third-order valence-corrected chi connectivity index (χ3v) is 8.89. The van der Waals surface area contributed by atoms with Crippen LogP contribution < -0.4 is 0 Å². The number of aromatic amines is 2. The van der Waals surface area contributed by atoms with Gasteiger partial charge in [-0.25, -0.2) is 9.97 Å². The zero-order chi connectivity index (χ0) is 31.9. The van der Waals surface area contributed by atoms with Gasteiger partial charge in [-0.1, -0.05) is 121 Å². The lowest BCUT2D eigenvalue weighted by molar-refractivity contribution is 1.30. The summed E-state index contributed by atoms with van der Waals surface area (Å²) < 4.78 is 0. The Kier molecular flexibility index (Phi) is 6.76. The van der Waals surface area contributed by atoms with Crippen LogP contribution in [0.5, 0.6) is 0 Å². The zero-order valence-corrected chi connectivity index (χ0v) is 26.1. The fraction of sp³-hybridized carbons (Fsp3) is 0. The van der Waals surface area contributed by atoms with Gasteiger partial charge in [-0.2, -0.15) is 0 Å². The molecule has 2 N–H and O–H groups in total. The summed E-state index contributed by atoms with van der Waals surface area (Å²) in [4.78, 5) is 17.9. The molecule has 0 radical (unpaired) electrons. The number of H-pyrrole nitrogens is 2. The lowest BCUT2D eigenvalue weighted by atomic mass is 9.91. The van der Waals surface area contributed by atoms with E-state index in [0.29, 0.717) is 0 Å². The monoisotopic (exact) mass is 614 g/mol. The van der Waals surface area contributed by atoms with E-state index in [4.69, 9.17) is 9.97 Å². The molecule has 0 aliphatic carbocycles. The molecule has 0 atom stereocenters. The number of nitrogens with zero attached hydrogens (tertiary/aromatic N) is 2. The van der Waals surface area contributed by atoms with E-state index in [2.05, 4.69) is 180 Å². The van der Waals surface area contributed by atoms with E-state index >= 15 is 0 Å². The first-order valence-electron chi connectivity index (χ1n) is 16.2. The van der Waals surface area contributed by atoms with Crippen molar-refractivity contribution in [1.82, 2.24) is 19.9 Å². The average molecular weight is 615 g/mol. The van der Waals surface area contributed by atoms with Crippen LogP contribution in [0.15, 0.2) is 152 Å². The summed E-state index contributed by atoms with van der Waals surface area (Å²) in [5.41, 5.74) is 16.3. The van der Waals surface area contributed by atoms with Gasteiger partial charge in [0.25, 0.3) is 0 Å². The maximum atomic E-state index is 5.42. The second-order valence-corrected chi connectivity index (χ2v) is 12.0. The van der Waals surface area contributed by atoms with E-state index in [0.717, 1.165) is 89.4 Å². The van der Waals surface area contributed by atoms with Crippen LogP contribution in [-0.2, 0) is 0 Å². The molecule has 9 rings (SSSR count). The van der Waals surface area contributed by atoms with Crippen LogP contribution in [0.2, 0.25) is 0 Å². The summed E-state index contributed by atoms with van der Waals surface area (Å²) in [6, 6.07) is 53.0. The predicted molar refractivity (Wildman–Crippen MR) is 200 cm³/mol. The van der Waals surface area contributed by atoms with Gasteiger partial charge in [0.2, 0.25) is 0 Å². The molecule has 5 heterocycles. The van der Waals surface area contributed by atoms with Crippen molar-refractivity contribution in [2.45, 2.75) is 0 Å². The first-order chi connectivity index (χ1) is 23.8. The molecule has 4 heteroatoms. The van der Waals surface area contributed by atoms with Crippen LogP contribution >= 0.6 is 0 Å². The number of hydrogen-bond donors (Lipinski definition) is 2. The van der Waals surface area contributed by atoms with Crippen molar-refractivity contribution in [3.63, 3.8) is 0 Å². The Morgan fingerprint density at radius 1 is 0.396 bits per heavy atom. The second kappa shape index (κ2) is 11.7. The lowest BCUT2D eigenvalue weighted by Gasteiger charge is -2.12. The zero-order valence-electron chi connectivity index (χ0n) is 26.1. The molecule has 0 unspecified atom stereocenters. The largest absolute Gasteiger partial charge is 0.355 e. The highest BCUT2D eigenvalue weighted by Gasteiger charge is 2.24. The molecule has 226 valence electrons. The predicted octanol–water partition coefficient (Wildman–Crippen LogP) is 11.1. The van der Waals surface area contributed by atoms with Gasteiger partial charge < -0.3 is 9.97 Å². The minimum Gasteiger partial charge on any atom is -0.355 e. The highest BCUT2D eigenvalue weighted by molar-refractivity contribution is 6.10. The normalized spacial score (nSPS) is 12.2. The van der Waals surface area contributed by atoms with Crippen molar-refractivity contribution >= 4 is 45.9 Å². The molecule has 8 bridgehead atoms. The Bertz CT molecular complexity index is 2520. The molecule has 0 amide bonds. The van der Waals surface area contributed by atoms with Crippen molar-refractivity contribution in [3.8, 4) is 33.4 Å². The fourth-order valence-corrected chi connectivity index (χ4v) is 6.78. The highest BCUT2D eigenvalue weighted by Crippen LogP contribution is 2.45. The third-order valence-electron chi connectivity index (χ3n) is 8.89. The summed E-state index contributed by atoms with van der Waals surface area (Å²) in [7, 11) is 0. The first-order valence-corrected chi connectivity index (χ1v) is 16.2. The number of benzene rings is 4. The van der Waals surface area contributed by atoms with Gasteiger partial charge in [0.1, 0.15) is 0 Å². The number of fused-ring (bicyclic) bond motifs is 8. The Hall–Kier alpha value is -6.52. The van der Waals surface area contributed by atoms with Gasteiger partial charge in [-0.3, -0.25) is 0 Å². The molecular formula is C44H30N4. The molecule has 0 saturated carbocycles. The summed E-state index contributed by atoms with van der Waals surface area (Å²) in [5, 5.41) is 0. The van der Waals surface area contributed by atoms with Crippen molar-refractivity contribution in [2.75, 3.05) is 0 Å². The molecule has 0 spiro atoms. The summed E-state index contributed by atoms with van der Waals surface area (Å²) in [5.74, 6) is 0. The average Bonchev–Trinajstić information content (AvgIpc) is 3.94. The topological polar surface area (TPSA) is 57.4 Å². The standard InChI is InChI=1S/C44H30N4/c1-5-13-29(14-6-1)38-27-37-26-35-22-21-33(45-35)25-34-23-24-36(46-34)28-39-40(30-15-7-2-8-16-30)41(31-17-9-3-10-18-31)44(48-39)42(43(38)47-37)32-19-11-4-12-20-32/h1-28,45,48H. The number of rotatable bonds is 4. The molecule has 7 aromatic rings. The van der Waals surface area contributed by atoms with Crippen LogP contribution in [0.25, 0.3) is 79.2 Å². The van der Waals surface area contributed by atoms with Crippen LogP contribution in [0, 0.1) is 0 Å². The van der Waals surface area contributed by atoms with Crippen molar-refractivity contribution in [2.24, 2.45) is 0 Å². The third kappa shape index (κ3) is 5.06. The van der Waals surface area contributed by atoms with Gasteiger partial charge >= 0.3 is 0 Å². The van der Waals surface area contributed by atoms with E-state index in [1.165, 1.54) is 0 Å². The number of nitrogens with one attached hydrogen (secondary N) is 2. The van der Waals surface area contributed by atoms with Gasteiger partial charge in [-0.15, -0.1) is 0 Å². The van der Waals surface area contributed by atoms with E-state index in [9.17, 15) is 0 Å². The quantitative estimate of drug-likeness (QED) is 0.207. The van der Waals surface area contributed by atoms with Crippen molar-refractivity contribution in [1.29, 1.82) is 0 Å². The Balaban J connectivity index is 1.54. The van der Waals surface area contributed by atoms with Crippen molar-refractivity contribution in [3.05, 3.63) is 180 Å². The second-order valence-electron chi connectivity index (χ2n) is 12.0. The van der Waals surface area contributed by atoms with E-state index < -0.39 is 0 Å². The molecular weight excluding hydrogens is 585 g/mol. The van der Waals surface area contributed by atoms with Crippen LogP contribution in [0.3, 0.4) is 0 Å². The van der Waals surface area contributed by atoms with Gasteiger partial charge in [0, 0.05) is 38.8 Å². The molecule has 4 aromatic carbocycles. The van der Waals surface area contributed by atoms with Gasteiger partial charge in [-0.05, 0) is 70.8 Å². The first kappa shape index (κ1) is 27.8. The van der Waals surface area contributed by atoms with Crippen molar-refractivity contribution < 1.29 is 0 Å². The molecule has 0 fully saturated rings. The fourth-order valence-electron chi connectivity index (χ4n) is 6.78. The summed E-state index contributed by atoms with van der Waals surface area (Å²) in [6.45, 7) is 0. The van der Waals surface area contributed by atoms with E-state index in [1.54, 1.807) is 0 Å². The number of hydrogen-bond acceptors (Lipinski definition) is 2. The van der Waals surface area contributed by atoms with Crippen LogP contribution in [0.1, 0.15) is 28.3 Å². The summed E-state index contributed by atoms with van der Waals surface area (Å²) >= 11 is 0. The number of aromatic nitrogens is 4. The molecule has 48 heavy (non-hydrogen) atoms. The maximum Gasteiger partial charge on any atom is 0.0815 e. The van der Waals surface area contributed by atoms with Crippen LogP contribution in [0.4, 0.5) is 0 Å².